The summed E-state index contributed by atoms with van der Waals surface area (Å²) in [5, 5.41) is 8.24. The number of anilines is 1. The Morgan fingerprint density at radius 1 is 1.35 bits per heavy atom. The number of hydrogen-bond donors (Lipinski definition) is 3. The van der Waals surface area contributed by atoms with E-state index in [1.807, 2.05) is 18.2 Å². The van der Waals surface area contributed by atoms with Crippen molar-refractivity contribution in [1.82, 2.24) is 10.6 Å². The van der Waals surface area contributed by atoms with Gasteiger partial charge in [0, 0.05) is 6.54 Å². The molecular formula is C17H25N3O3. The minimum absolute atomic E-state index is 0.0393. The molecule has 3 amide bonds. The van der Waals surface area contributed by atoms with E-state index in [1.54, 1.807) is 7.11 Å². The number of hydrogen-bond acceptors (Lipinski definition) is 3. The van der Waals surface area contributed by atoms with E-state index in [0.717, 1.165) is 12.0 Å². The second-order valence-electron chi connectivity index (χ2n) is 6.75. The number of ether oxygens (including phenoxy) is 1. The number of urea groups is 1. The van der Waals surface area contributed by atoms with Gasteiger partial charge in [-0.05, 0) is 36.0 Å². The van der Waals surface area contributed by atoms with Crippen molar-refractivity contribution in [3.8, 4) is 5.75 Å². The lowest BCUT2D eigenvalue weighted by Gasteiger charge is -2.24. The molecular weight excluding hydrogens is 294 g/mol. The van der Waals surface area contributed by atoms with E-state index in [0.29, 0.717) is 24.4 Å². The van der Waals surface area contributed by atoms with E-state index in [1.165, 1.54) is 0 Å². The van der Waals surface area contributed by atoms with Crippen LogP contribution in [0.2, 0.25) is 0 Å². The summed E-state index contributed by atoms with van der Waals surface area (Å²) < 4.78 is 5.30. The highest BCUT2D eigenvalue weighted by atomic mass is 16.5. The third-order valence-electron chi connectivity index (χ3n) is 3.90. The number of carbonyl (C=O) groups excluding carboxylic acids is 2. The molecule has 0 aliphatic carbocycles. The Kier molecular flexibility index (Phi) is 5.13. The fourth-order valence-corrected chi connectivity index (χ4v) is 2.50. The molecule has 1 saturated heterocycles. The maximum absolute atomic E-state index is 12.2. The van der Waals surface area contributed by atoms with Crippen LogP contribution >= 0.6 is 0 Å². The summed E-state index contributed by atoms with van der Waals surface area (Å²) in [6.07, 6.45) is 1.51. The molecule has 1 fully saturated rings. The Morgan fingerprint density at radius 2 is 2.09 bits per heavy atom. The van der Waals surface area contributed by atoms with Crippen LogP contribution in [0.4, 0.5) is 10.5 Å². The van der Waals surface area contributed by atoms with Crippen LogP contribution < -0.4 is 20.7 Å². The number of benzene rings is 1. The minimum Gasteiger partial charge on any atom is -0.495 e. The van der Waals surface area contributed by atoms with E-state index in [2.05, 4.69) is 36.7 Å². The van der Waals surface area contributed by atoms with Crippen LogP contribution in [0.15, 0.2) is 18.2 Å². The number of rotatable bonds is 3. The third kappa shape index (κ3) is 4.37. The molecule has 1 aliphatic rings. The highest BCUT2D eigenvalue weighted by Crippen LogP contribution is 2.31. The SMILES string of the molecule is COc1ccc(C(C)(C)C)cc1NC(=O)NC1CCCNC1=O. The zero-order chi connectivity index (χ0) is 17.0. The maximum atomic E-state index is 12.2. The van der Waals surface area contributed by atoms with Gasteiger partial charge in [-0.2, -0.15) is 0 Å². The normalized spacial score (nSPS) is 18.1. The first-order chi connectivity index (χ1) is 10.8. The molecule has 0 aromatic heterocycles. The summed E-state index contributed by atoms with van der Waals surface area (Å²) >= 11 is 0. The van der Waals surface area contributed by atoms with Gasteiger partial charge in [0.05, 0.1) is 12.8 Å². The molecule has 1 unspecified atom stereocenters. The van der Waals surface area contributed by atoms with Gasteiger partial charge in [-0.3, -0.25) is 4.79 Å². The molecule has 3 N–H and O–H groups in total. The Morgan fingerprint density at radius 3 is 2.70 bits per heavy atom. The van der Waals surface area contributed by atoms with Crippen LogP contribution in [-0.2, 0) is 10.2 Å². The first-order valence-electron chi connectivity index (χ1n) is 7.85. The first kappa shape index (κ1) is 17.1. The molecule has 1 atom stereocenters. The second kappa shape index (κ2) is 6.89. The van der Waals surface area contributed by atoms with Crippen molar-refractivity contribution in [2.45, 2.75) is 45.1 Å². The summed E-state index contributed by atoms with van der Waals surface area (Å²) in [7, 11) is 1.56. The van der Waals surface area contributed by atoms with Crippen molar-refractivity contribution in [3.63, 3.8) is 0 Å². The Labute approximate surface area is 137 Å². The highest BCUT2D eigenvalue weighted by Gasteiger charge is 2.24. The zero-order valence-corrected chi connectivity index (χ0v) is 14.2. The molecule has 0 spiro atoms. The van der Waals surface area contributed by atoms with Gasteiger partial charge in [-0.1, -0.05) is 26.8 Å². The molecule has 6 nitrogen and oxygen atoms in total. The second-order valence-corrected chi connectivity index (χ2v) is 6.75. The minimum atomic E-state index is -0.486. The predicted molar refractivity (Wildman–Crippen MR) is 89.9 cm³/mol. The van der Waals surface area contributed by atoms with Gasteiger partial charge in [0.2, 0.25) is 5.91 Å². The standard InChI is InChI=1S/C17H25N3O3/c1-17(2,3)11-7-8-14(23-4)13(10-11)20-16(22)19-12-6-5-9-18-15(12)21/h7-8,10,12H,5-6,9H2,1-4H3,(H,18,21)(H2,19,20,22). The third-order valence-corrected chi connectivity index (χ3v) is 3.90. The zero-order valence-electron chi connectivity index (χ0n) is 14.2. The van der Waals surface area contributed by atoms with Crippen LogP contribution in [0.1, 0.15) is 39.2 Å². The Balaban J connectivity index is 2.11. The summed E-state index contributed by atoms with van der Waals surface area (Å²) in [5.74, 6) is 0.447. The number of amides is 3. The fraction of sp³-hybridized carbons (Fsp3) is 0.529. The van der Waals surface area contributed by atoms with E-state index < -0.39 is 12.1 Å². The van der Waals surface area contributed by atoms with Gasteiger partial charge in [-0.25, -0.2) is 4.79 Å². The largest absolute Gasteiger partial charge is 0.495 e. The van der Waals surface area contributed by atoms with Crippen LogP contribution in [0.25, 0.3) is 0 Å². The quantitative estimate of drug-likeness (QED) is 0.800. The summed E-state index contributed by atoms with van der Waals surface area (Å²) in [6.45, 7) is 6.97. The van der Waals surface area contributed by atoms with Crippen LogP contribution in [-0.4, -0.2) is 31.6 Å². The molecule has 6 heteroatoms. The predicted octanol–water partition coefficient (Wildman–Crippen LogP) is 2.39. The summed E-state index contributed by atoms with van der Waals surface area (Å²) in [5.41, 5.74) is 1.64. The van der Waals surface area contributed by atoms with Gasteiger partial charge in [-0.15, -0.1) is 0 Å². The van der Waals surface area contributed by atoms with Gasteiger partial charge in [0.15, 0.2) is 0 Å². The molecule has 0 saturated carbocycles. The van der Waals surface area contributed by atoms with Crippen molar-refractivity contribution >= 4 is 17.6 Å². The van der Waals surface area contributed by atoms with Gasteiger partial charge >= 0.3 is 6.03 Å². The number of piperidine rings is 1. The van der Waals surface area contributed by atoms with E-state index >= 15 is 0 Å². The lowest BCUT2D eigenvalue weighted by molar-refractivity contribution is -0.124. The molecule has 1 aromatic carbocycles. The maximum Gasteiger partial charge on any atom is 0.319 e. The molecule has 1 aromatic rings. The van der Waals surface area contributed by atoms with Crippen molar-refractivity contribution in [1.29, 1.82) is 0 Å². The summed E-state index contributed by atoms with van der Waals surface area (Å²) in [4.78, 5) is 23.9. The fourth-order valence-electron chi connectivity index (χ4n) is 2.50. The Bertz CT molecular complexity index is 593. The molecule has 2 rings (SSSR count). The van der Waals surface area contributed by atoms with Crippen molar-refractivity contribution < 1.29 is 14.3 Å². The van der Waals surface area contributed by atoms with E-state index in [-0.39, 0.29) is 11.3 Å². The summed E-state index contributed by atoms with van der Waals surface area (Å²) in [6, 6.07) is 4.83. The highest BCUT2D eigenvalue weighted by molar-refractivity contribution is 5.95. The number of nitrogens with one attached hydrogen (secondary N) is 3. The van der Waals surface area contributed by atoms with E-state index in [4.69, 9.17) is 4.74 Å². The van der Waals surface area contributed by atoms with Crippen LogP contribution in [0, 0.1) is 0 Å². The van der Waals surface area contributed by atoms with Crippen molar-refractivity contribution in [2.75, 3.05) is 19.0 Å². The lowest BCUT2D eigenvalue weighted by atomic mass is 9.87. The smallest absolute Gasteiger partial charge is 0.319 e. The molecule has 0 radical (unpaired) electrons. The van der Waals surface area contributed by atoms with Crippen LogP contribution in [0.5, 0.6) is 5.75 Å². The van der Waals surface area contributed by atoms with Gasteiger partial charge in [0.25, 0.3) is 0 Å². The average Bonchev–Trinajstić information content (AvgIpc) is 2.48. The lowest BCUT2D eigenvalue weighted by Crippen LogP contribution is -2.51. The monoisotopic (exact) mass is 319 g/mol. The molecule has 1 aliphatic heterocycles. The van der Waals surface area contributed by atoms with Crippen LogP contribution in [0.3, 0.4) is 0 Å². The first-order valence-corrected chi connectivity index (χ1v) is 7.85. The molecule has 1 heterocycles. The topological polar surface area (TPSA) is 79.5 Å². The average molecular weight is 319 g/mol. The van der Waals surface area contributed by atoms with E-state index in [9.17, 15) is 9.59 Å². The molecule has 0 bridgehead atoms. The molecule has 23 heavy (non-hydrogen) atoms. The van der Waals surface area contributed by atoms with Gasteiger partial charge < -0.3 is 20.7 Å². The van der Waals surface area contributed by atoms with Gasteiger partial charge in [0.1, 0.15) is 11.8 Å². The number of methoxy groups -OCH3 is 1. The van der Waals surface area contributed by atoms with Crippen molar-refractivity contribution in [2.24, 2.45) is 0 Å². The molecule has 126 valence electrons. The number of carbonyl (C=O) groups is 2. The van der Waals surface area contributed by atoms with Crippen molar-refractivity contribution in [3.05, 3.63) is 23.8 Å². The Hall–Kier alpha value is -2.24.